The van der Waals surface area contributed by atoms with Gasteiger partial charge in [-0.1, -0.05) is 44.2 Å². The molecule has 0 aromatic heterocycles. The van der Waals surface area contributed by atoms with E-state index >= 15 is 0 Å². The van der Waals surface area contributed by atoms with Crippen molar-refractivity contribution in [2.45, 2.75) is 57.4 Å². The van der Waals surface area contributed by atoms with Crippen LogP contribution >= 0.6 is 0 Å². The maximum atomic E-state index is 13.2. The monoisotopic (exact) mass is 263 g/mol. The van der Waals surface area contributed by atoms with Crippen LogP contribution in [0.15, 0.2) is 24.3 Å². The first kappa shape index (κ1) is 14.5. The van der Waals surface area contributed by atoms with Crippen molar-refractivity contribution in [1.29, 1.82) is 0 Å². The van der Waals surface area contributed by atoms with Crippen LogP contribution in [-0.4, -0.2) is 13.1 Å². The molecule has 1 fully saturated rings. The molecule has 1 aromatic carbocycles. The molecule has 1 saturated carbocycles. The van der Waals surface area contributed by atoms with Gasteiger partial charge in [-0.2, -0.15) is 0 Å². The molecule has 1 nitrogen and oxygen atoms in total. The van der Waals surface area contributed by atoms with Gasteiger partial charge in [0.2, 0.25) is 0 Å². The normalized spacial score (nSPS) is 18.4. The van der Waals surface area contributed by atoms with E-state index in [-0.39, 0.29) is 5.82 Å². The maximum absolute atomic E-state index is 13.2. The first-order valence-electron chi connectivity index (χ1n) is 7.69. The predicted molar refractivity (Wildman–Crippen MR) is 78.8 cm³/mol. The largest absolute Gasteiger partial charge is 0.317 e. The van der Waals surface area contributed by atoms with E-state index in [0.717, 1.165) is 17.9 Å². The summed E-state index contributed by atoms with van der Waals surface area (Å²) in [5.41, 5.74) is 1.10. The summed E-state index contributed by atoms with van der Waals surface area (Å²) in [6.45, 7) is 0. The second-order valence-electron chi connectivity index (χ2n) is 5.90. The third-order valence-electron chi connectivity index (χ3n) is 4.43. The number of likely N-dealkylation sites (N-methyl/N-ethyl adjacent to an activating group) is 1. The molecule has 0 aliphatic heterocycles. The fourth-order valence-electron chi connectivity index (χ4n) is 3.21. The highest BCUT2D eigenvalue weighted by atomic mass is 19.1. The molecule has 0 saturated heterocycles. The van der Waals surface area contributed by atoms with Crippen molar-refractivity contribution in [3.8, 4) is 0 Å². The highest BCUT2D eigenvalue weighted by Crippen LogP contribution is 2.28. The first-order valence-corrected chi connectivity index (χ1v) is 7.69. The summed E-state index contributed by atoms with van der Waals surface area (Å²) in [5, 5.41) is 3.39. The van der Waals surface area contributed by atoms with Crippen LogP contribution in [0.2, 0.25) is 0 Å². The van der Waals surface area contributed by atoms with Crippen LogP contribution in [-0.2, 0) is 6.42 Å². The molecule has 1 aliphatic rings. The molecule has 1 unspecified atom stereocenters. The number of hydrogen-bond acceptors (Lipinski definition) is 1. The zero-order chi connectivity index (χ0) is 13.5. The van der Waals surface area contributed by atoms with Gasteiger partial charge < -0.3 is 5.32 Å². The zero-order valence-corrected chi connectivity index (χ0v) is 12.0. The Hall–Kier alpha value is -0.890. The van der Waals surface area contributed by atoms with Crippen LogP contribution in [0.1, 0.15) is 50.5 Å². The van der Waals surface area contributed by atoms with Gasteiger partial charge in [-0.05, 0) is 49.9 Å². The van der Waals surface area contributed by atoms with Gasteiger partial charge in [-0.25, -0.2) is 4.39 Å². The van der Waals surface area contributed by atoms with Crippen molar-refractivity contribution in [2.24, 2.45) is 5.92 Å². The smallest absolute Gasteiger partial charge is 0.123 e. The molecule has 2 rings (SSSR count). The summed E-state index contributed by atoms with van der Waals surface area (Å²) >= 11 is 0. The minimum atomic E-state index is -0.125. The molecule has 19 heavy (non-hydrogen) atoms. The van der Waals surface area contributed by atoms with Gasteiger partial charge in [0.05, 0.1) is 0 Å². The summed E-state index contributed by atoms with van der Waals surface area (Å²) < 4.78 is 13.2. The Morgan fingerprint density at radius 2 is 2.05 bits per heavy atom. The van der Waals surface area contributed by atoms with Gasteiger partial charge in [0.25, 0.3) is 0 Å². The standard InChI is InChI=1S/C17H26FN/c1-19-17(11-10-14-6-3-2-4-7-14)13-15-8-5-9-16(18)12-15/h5,8-9,12,14,17,19H,2-4,6-7,10-11,13H2,1H3. The van der Waals surface area contributed by atoms with Gasteiger partial charge in [0.15, 0.2) is 0 Å². The summed E-state index contributed by atoms with van der Waals surface area (Å²) in [6, 6.07) is 7.47. The summed E-state index contributed by atoms with van der Waals surface area (Å²) in [6.07, 6.45) is 10.5. The predicted octanol–water partition coefficient (Wildman–Crippen LogP) is 4.32. The second-order valence-corrected chi connectivity index (χ2v) is 5.90. The molecule has 1 N–H and O–H groups in total. The minimum absolute atomic E-state index is 0.125. The van der Waals surface area contributed by atoms with E-state index in [9.17, 15) is 4.39 Å². The third kappa shape index (κ3) is 4.94. The Morgan fingerprint density at radius 3 is 2.74 bits per heavy atom. The molecule has 0 heterocycles. The summed E-state index contributed by atoms with van der Waals surface area (Å²) in [4.78, 5) is 0. The molecule has 1 atom stereocenters. The molecule has 2 heteroatoms. The number of nitrogens with one attached hydrogen (secondary N) is 1. The van der Waals surface area contributed by atoms with E-state index in [1.54, 1.807) is 12.1 Å². The molecule has 1 aromatic rings. The lowest BCUT2D eigenvalue weighted by molar-refractivity contribution is 0.315. The van der Waals surface area contributed by atoms with Crippen molar-refractivity contribution in [1.82, 2.24) is 5.32 Å². The van der Waals surface area contributed by atoms with E-state index in [4.69, 9.17) is 0 Å². The van der Waals surface area contributed by atoms with Crippen molar-refractivity contribution in [3.63, 3.8) is 0 Å². The Morgan fingerprint density at radius 1 is 1.26 bits per heavy atom. The van der Waals surface area contributed by atoms with Crippen LogP contribution in [0.4, 0.5) is 4.39 Å². The highest BCUT2D eigenvalue weighted by Gasteiger charge is 2.15. The topological polar surface area (TPSA) is 12.0 Å². The lowest BCUT2D eigenvalue weighted by Crippen LogP contribution is -2.28. The SMILES string of the molecule is CNC(CCC1CCCCC1)Cc1cccc(F)c1. The lowest BCUT2D eigenvalue weighted by atomic mass is 9.84. The Kier molecular flexibility index (Phi) is 5.84. The highest BCUT2D eigenvalue weighted by molar-refractivity contribution is 5.17. The van der Waals surface area contributed by atoms with Gasteiger partial charge in [0.1, 0.15) is 5.82 Å². The Bertz CT molecular complexity index is 371. The molecule has 106 valence electrons. The average Bonchev–Trinajstić information content (AvgIpc) is 2.44. The summed E-state index contributed by atoms with van der Waals surface area (Å²) in [7, 11) is 2.02. The zero-order valence-electron chi connectivity index (χ0n) is 12.0. The van der Waals surface area contributed by atoms with Crippen LogP contribution in [0.5, 0.6) is 0 Å². The van der Waals surface area contributed by atoms with E-state index in [0.29, 0.717) is 6.04 Å². The fourth-order valence-corrected chi connectivity index (χ4v) is 3.21. The van der Waals surface area contributed by atoms with E-state index in [2.05, 4.69) is 5.32 Å². The lowest BCUT2D eigenvalue weighted by Gasteiger charge is -2.24. The second kappa shape index (κ2) is 7.64. The molecule has 0 spiro atoms. The minimum Gasteiger partial charge on any atom is -0.317 e. The first-order chi connectivity index (χ1) is 9.28. The quantitative estimate of drug-likeness (QED) is 0.806. The van der Waals surface area contributed by atoms with Gasteiger partial charge in [-0.15, -0.1) is 0 Å². The van der Waals surface area contributed by atoms with Crippen molar-refractivity contribution >= 4 is 0 Å². The van der Waals surface area contributed by atoms with Crippen LogP contribution in [0.3, 0.4) is 0 Å². The van der Waals surface area contributed by atoms with Crippen molar-refractivity contribution < 1.29 is 4.39 Å². The third-order valence-corrected chi connectivity index (χ3v) is 4.43. The Labute approximate surface area is 116 Å². The molecule has 1 aliphatic carbocycles. The average molecular weight is 263 g/mol. The van der Waals surface area contributed by atoms with E-state index in [1.165, 1.54) is 51.0 Å². The molecule has 0 radical (unpaired) electrons. The summed E-state index contributed by atoms with van der Waals surface area (Å²) in [5.74, 6) is 0.803. The number of hydrogen-bond donors (Lipinski definition) is 1. The van der Waals surface area contributed by atoms with Crippen molar-refractivity contribution in [3.05, 3.63) is 35.6 Å². The number of rotatable bonds is 6. The van der Waals surface area contributed by atoms with E-state index < -0.39 is 0 Å². The van der Waals surface area contributed by atoms with Crippen LogP contribution in [0.25, 0.3) is 0 Å². The van der Waals surface area contributed by atoms with Gasteiger partial charge in [-0.3, -0.25) is 0 Å². The van der Waals surface area contributed by atoms with Gasteiger partial charge in [0, 0.05) is 6.04 Å². The van der Waals surface area contributed by atoms with Crippen molar-refractivity contribution in [2.75, 3.05) is 7.05 Å². The fraction of sp³-hybridized carbons (Fsp3) is 0.647. The Balaban J connectivity index is 1.79. The van der Waals surface area contributed by atoms with Gasteiger partial charge >= 0.3 is 0 Å². The van der Waals surface area contributed by atoms with Crippen LogP contribution < -0.4 is 5.32 Å². The maximum Gasteiger partial charge on any atom is 0.123 e. The molecular formula is C17H26FN. The van der Waals surface area contributed by atoms with E-state index in [1.807, 2.05) is 13.1 Å². The van der Waals surface area contributed by atoms with Crippen LogP contribution in [0, 0.1) is 11.7 Å². The molecular weight excluding hydrogens is 237 g/mol. The number of halogens is 1. The molecule has 0 amide bonds. The molecule has 0 bridgehead atoms. The number of benzene rings is 1.